The van der Waals surface area contributed by atoms with Gasteiger partial charge in [0.25, 0.3) is 0 Å². The van der Waals surface area contributed by atoms with E-state index in [9.17, 15) is 8.42 Å². The Bertz CT molecular complexity index is 578. The van der Waals surface area contributed by atoms with E-state index < -0.39 is 9.05 Å². The van der Waals surface area contributed by atoms with Gasteiger partial charge in [0.15, 0.2) is 0 Å². The van der Waals surface area contributed by atoms with E-state index in [4.69, 9.17) is 15.4 Å². The highest BCUT2D eigenvalue weighted by atomic mass is 79.9. The minimum Gasteiger partial charge on any atom is -0.491 e. The summed E-state index contributed by atoms with van der Waals surface area (Å²) in [7, 11) is 1.96. The maximum absolute atomic E-state index is 11.5. The zero-order valence-electron chi connectivity index (χ0n) is 11.4. The highest BCUT2D eigenvalue weighted by Crippen LogP contribution is 2.40. The van der Waals surface area contributed by atoms with Crippen molar-refractivity contribution in [2.45, 2.75) is 32.1 Å². The Morgan fingerprint density at radius 1 is 1.14 bits per heavy atom. The summed E-state index contributed by atoms with van der Waals surface area (Å²) in [5.41, 5.74) is -0.381. The second-order valence-corrected chi connectivity index (χ2v) is 10.1. The van der Waals surface area contributed by atoms with Crippen LogP contribution in [0.25, 0.3) is 0 Å². The molecule has 1 fully saturated rings. The Kier molecular flexibility index (Phi) is 6.02. The van der Waals surface area contributed by atoms with Crippen molar-refractivity contribution in [3.63, 3.8) is 0 Å². The van der Waals surface area contributed by atoms with E-state index in [1.165, 1.54) is 0 Å². The predicted molar refractivity (Wildman–Crippen MR) is 92.5 cm³/mol. The first-order chi connectivity index (χ1) is 9.81. The molecular formula is C14H17Br2ClO3S. The van der Waals surface area contributed by atoms with Gasteiger partial charge in [0.2, 0.25) is 9.05 Å². The lowest BCUT2D eigenvalue weighted by molar-refractivity contribution is 0.118. The lowest BCUT2D eigenvalue weighted by atomic mass is 9.76. The normalized spacial score (nSPS) is 18.4. The number of para-hydroxylation sites is 1. The number of benzene rings is 1. The molecule has 0 aromatic heterocycles. The Morgan fingerprint density at radius 3 is 2.24 bits per heavy atom. The van der Waals surface area contributed by atoms with Crippen molar-refractivity contribution in [2.24, 2.45) is 5.41 Å². The van der Waals surface area contributed by atoms with Crippen LogP contribution in [0.15, 0.2) is 27.1 Å². The molecule has 1 aromatic rings. The summed E-state index contributed by atoms with van der Waals surface area (Å²) in [6.45, 7) is 0.361. The Morgan fingerprint density at radius 2 is 1.71 bits per heavy atom. The van der Waals surface area contributed by atoms with Crippen molar-refractivity contribution in [3.05, 3.63) is 27.1 Å². The van der Waals surface area contributed by atoms with Crippen molar-refractivity contribution in [1.82, 2.24) is 0 Å². The molecule has 1 saturated carbocycles. The Hall–Kier alpha value is 0.220. The van der Waals surface area contributed by atoms with Gasteiger partial charge in [-0.05, 0) is 56.8 Å². The molecule has 0 bridgehead atoms. The summed E-state index contributed by atoms with van der Waals surface area (Å²) in [6, 6.07) is 5.69. The van der Waals surface area contributed by atoms with Crippen LogP contribution in [0.3, 0.4) is 0 Å². The van der Waals surface area contributed by atoms with E-state index in [0.29, 0.717) is 12.4 Å². The average molecular weight is 461 g/mol. The number of halogens is 3. The first kappa shape index (κ1) is 17.6. The maximum atomic E-state index is 11.5. The first-order valence-corrected chi connectivity index (χ1v) is 10.9. The minimum absolute atomic E-state index is 0.0242. The quantitative estimate of drug-likeness (QED) is 0.574. The molecule has 118 valence electrons. The molecule has 1 aromatic carbocycles. The third kappa shape index (κ3) is 5.12. The third-order valence-corrected chi connectivity index (χ3v) is 6.37. The number of hydrogen-bond donors (Lipinski definition) is 0. The summed E-state index contributed by atoms with van der Waals surface area (Å²) in [6.07, 6.45) is 4.85. The molecule has 0 atom stereocenters. The molecule has 0 saturated heterocycles. The highest BCUT2D eigenvalue weighted by Gasteiger charge is 2.37. The van der Waals surface area contributed by atoms with Crippen molar-refractivity contribution in [1.29, 1.82) is 0 Å². The molecule has 1 aliphatic carbocycles. The monoisotopic (exact) mass is 458 g/mol. The third-order valence-electron chi connectivity index (χ3n) is 3.83. The van der Waals surface area contributed by atoms with E-state index in [1.54, 1.807) is 0 Å². The molecular weight excluding hydrogens is 443 g/mol. The van der Waals surface area contributed by atoms with Crippen molar-refractivity contribution < 1.29 is 13.2 Å². The van der Waals surface area contributed by atoms with Crippen LogP contribution in [0.4, 0.5) is 0 Å². The number of rotatable bonds is 5. The van der Waals surface area contributed by atoms with E-state index in [0.717, 1.165) is 41.0 Å². The van der Waals surface area contributed by atoms with Crippen LogP contribution in [-0.4, -0.2) is 20.8 Å². The van der Waals surface area contributed by atoms with Crippen LogP contribution in [-0.2, 0) is 9.05 Å². The van der Waals surface area contributed by atoms with Crippen LogP contribution >= 0.6 is 42.5 Å². The fourth-order valence-electron chi connectivity index (χ4n) is 2.84. The molecule has 0 N–H and O–H groups in total. The number of ether oxygens (including phenoxy) is 1. The van der Waals surface area contributed by atoms with E-state index in [2.05, 4.69) is 31.9 Å². The molecule has 7 heteroatoms. The topological polar surface area (TPSA) is 43.4 Å². The van der Waals surface area contributed by atoms with Gasteiger partial charge in [-0.3, -0.25) is 0 Å². The zero-order chi connectivity index (χ0) is 15.5. The minimum atomic E-state index is -3.54. The van der Waals surface area contributed by atoms with Crippen molar-refractivity contribution in [2.75, 3.05) is 12.4 Å². The molecule has 0 amide bonds. The summed E-state index contributed by atoms with van der Waals surface area (Å²) < 4.78 is 30.7. The van der Waals surface area contributed by atoms with Crippen LogP contribution < -0.4 is 4.74 Å². The van der Waals surface area contributed by atoms with Gasteiger partial charge >= 0.3 is 0 Å². The standard InChI is InChI=1S/C14H17Br2ClO3S/c15-11-5-4-6-12(16)13(11)20-9-14(10-21(17,18)19)7-2-1-3-8-14/h4-6H,1-3,7-10H2. The van der Waals surface area contributed by atoms with Gasteiger partial charge in [0, 0.05) is 16.1 Å². The van der Waals surface area contributed by atoms with Gasteiger partial charge in [-0.2, -0.15) is 0 Å². The van der Waals surface area contributed by atoms with Gasteiger partial charge in [-0.1, -0.05) is 25.3 Å². The van der Waals surface area contributed by atoms with Gasteiger partial charge in [0.05, 0.1) is 21.3 Å². The Labute approximate surface area is 147 Å². The molecule has 0 unspecified atom stereocenters. The smallest absolute Gasteiger partial charge is 0.233 e. The zero-order valence-corrected chi connectivity index (χ0v) is 16.2. The first-order valence-electron chi connectivity index (χ1n) is 6.81. The molecule has 0 heterocycles. The predicted octanol–water partition coefficient (Wildman–Crippen LogP) is 5.11. The molecule has 21 heavy (non-hydrogen) atoms. The second kappa shape index (κ2) is 7.20. The molecule has 0 aliphatic heterocycles. The molecule has 2 rings (SSSR count). The van der Waals surface area contributed by atoms with Gasteiger partial charge in [-0.25, -0.2) is 8.42 Å². The van der Waals surface area contributed by atoms with E-state index >= 15 is 0 Å². The van der Waals surface area contributed by atoms with E-state index in [-0.39, 0.29) is 11.2 Å². The molecule has 0 spiro atoms. The van der Waals surface area contributed by atoms with Crippen LogP contribution in [0.2, 0.25) is 0 Å². The lowest BCUT2D eigenvalue weighted by Gasteiger charge is -2.36. The molecule has 0 radical (unpaired) electrons. The lowest BCUT2D eigenvalue weighted by Crippen LogP contribution is -2.37. The maximum Gasteiger partial charge on any atom is 0.233 e. The van der Waals surface area contributed by atoms with E-state index in [1.807, 2.05) is 18.2 Å². The van der Waals surface area contributed by atoms with Crippen molar-refractivity contribution >= 4 is 51.6 Å². The number of hydrogen-bond acceptors (Lipinski definition) is 3. The summed E-state index contributed by atoms with van der Waals surface area (Å²) in [5.74, 6) is 0.679. The highest BCUT2D eigenvalue weighted by molar-refractivity contribution is 9.11. The van der Waals surface area contributed by atoms with Gasteiger partial charge in [-0.15, -0.1) is 0 Å². The SMILES string of the molecule is O=S(=O)(Cl)CC1(COc2c(Br)cccc2Br)CCCCC1. The summed E-state index contributed by atoms with van der Waals surface area (Å²) >= 11 is 6.90. The fraction of sp³-hybridized carbons (Fsp3) is 0.571. The second-order valence-electron chi connectivity index (χ2n) is 5.58. The van der Waals surface area contributed by atoms with Crippen LogP contribution in [0.1, 0.15) is 32.1 Å². The van der Waals surface area contributed by atoms with Crippen LogP contribution in [0.5, 0.6) is 5.75 Å². The Balaban J connectivity index is 2.16. The van der Waals surface area contributed by atoms with Gasteiger partial charge < -0.3 is 4.74 Å². The summed E-state index contributed by atoms with van der Waals surface area (Å²) in [4.78, 5) is 0. The largest absolute Gasteiger partial charge is 0.491 e. The molecule has 1 aliphatic rings. The van der Waals surface area contributed by atoms with Crippen molar-refractivity contribution in [3.8, 4) is 5.75 Å². The molecule has 3 nitrogen and oxygen atoms in total. The van der Waals surface area contributed by atoms with Gasteiger partial charge in [0.1, 0.15) is 5.75 Å². The fourth-order valence-corrected chi connectivity index (χ4v) is 5.87. The van der Waals surface area contributed by atoms with Crippen LogP contribution in [0, 0.1) is 5.41 Å². The average Bonchev–Trinajstić information content (AvgIpc) is 2.37. The summed E-state index contributed by atoms with van der Waals surface area (Å²) in [5, 5.41) is 0.